The van der Waals surface area contributed by atoms with Crippen molar-refractivity contribution in [3.63, 3.8) is 0 Å². The number of aliphatic carboxylic acids is 1. The number of carbonyl (C=O) groups is 2. The van der Waals surface area contributed by atoms with Crippen molar-refractivity contribution in [1.82, 2.24) is 20.2 Å². The van der Waals surface area contributed by atoms with E-state index in [4.69, 9.17) is 9.90 Å². The Labute approximate surface area is 138 Å². The van der Waals surface area contributed by atoms with Crippen LogP contribution in [0.25, 0.3) is 5.52 Å². The van der Waals surface area contributed by atoms with Gasteiger partial charge in [0.15, 0.2) is 0 Å². The number of nitrogens with one attached hydrogen (secondary N) is 2. The number of carboxylic acid groups (broad SMARTS) is 1. The van der Waals surface area contributed by atoms with Crippen molar-refractivity contribution in [2.24, 2.45) is 0 Å². The van der Waals surface area contributed by atoms with Gasteiger partial charge in [0.2, 0.25) is 5.67 Å². The van der Waals surface area contributed by atoms with E-state index in [-0.39, 0.29) is 19.6 Å². The summed E-state index contributed by atoms with van der Waals surface area (Å²) < 4.78 is 47.2. The van der Waals surface area contributed by atoms with Crippen LogP contribution in [0.3, 0.4) is 0 Å². The molecule has 0 bridgehead atoms. The molecule has 0 radical (unpaired) electrons. The van der Waals surface area contributed by atoms with Gasteiger partial charge in [-0.2, -0.15) is 18.3 Å². The first-order valence-corrected chi connectivity index (χ1v) is 7.03. The molecule has 0 spiro atoms. The summed E-state index contributed by atoms with van der Waals surface area (Å²) in [5, 5.41) is 16.6. The minimum atomic E-state index is -5.08. The van der Waals surface area contributed by atoms with Gasteiger partial charge in [-0.05, 0) is 18.2 Å². The minimum absolute atomic E-state index is 0.0881. The van der Waals surface area contributed by atoms with Crippen LogP contribution in [0.2, 0.25) is 0 Å². The fourth-order valence-corrected chi connectivity index (χ4v) is 1.98. The average molecular weight is 362 g/mol. The Morgan fingerprint density at radius 2 is 1.96 bits per heavy atom. The van der Waals surface area contributed by atoms with Crippen molar-refractivity contribution in [3.8, 4) is 0 Å². The summed E-state index contributed by atoms with van der Waals surface area (Å²) >= 11 is 0. The van der Waals surface area contributed by atoms with Gasteiger partial charge < -0.3 is 15.7 Å². The monoisotopic (exact) mass is 362 g/mol. The smallest absolute Gasteiger partial charge is 0.475 e. The number of hydrogen-bond acceptors (Lipinski definition) is 4. The fourth-order valence-electron chi connectivity index (χ4n) is 1.98. The molecule has 1 aliphatic rings. The number of pyridine rings is 1. The Kier molecular flexibility index (Phi) is 5.26. The Balaban J connectivity index is 0.000000277. The van der Waals surface area contributed by atoms with Crippen molar-refractivity contribution < 1.29 is 32.3 Å². The molecule has 0 unspecified atom stereocenters. The first kappa shape index (κ1) is 18.6. The van der Waals surface area contributed by atoms with Gasteiger partial charge in [-0.15, -0.1) is 0 Å². The van der Waals surface area contributed by atoms with E-state index in [1.165, 1.54) is 0 Å². The van der Waals surface area contributed by atoms with Crippen LogP contribution in [0.5, 0.6) is 0 Å². The van der Waals surface area contributed by atoms with Gasteiger partial charge in [-0.3, -0.25) is 4.79 Å². The Hall–Kier alpha value is -2.69. The maximum Gasteiger partial charge on any atom is 0.490 e. The number of alkyl halides is 4. The predicted octanol–water partition coefficient (Wildman–Crippen LogP) is 0.895. The van der Waals surface area contributed by atoms with Crippen LogP contribution in [-0.2, 0) is 16.1 Å². The van der Waals surface area contributed by atoms with Crippen LogP contribution >= 0.6 is 0 Å². The molecule has 3 N–H and O–H groups in total. The lowest BCUT2D eigenvalue weighted by Gasteiger charge is -2.33. The van der Waals surface area contributed by atoms with Gasteiger partial charge in [-0.25, -0.2) is 13.7 Å². The molecule has 2 aromatic rings. The zero-order chi connectivity index (χ0) is 18.7. The van der Waals surface area contributed by atoms with Crippen molar-refractivity contribution in [3.05, 3.63) is 36.2 Å². The average Bonchev–Trinajstić information content (AvgIpc) is 2.99. The molecular weight excluding hydrogens is 348 g/mol. The van der Waals surface area contributed by atoms with Crippen LogP contribution in [0, 0.1) is 0 Å². The highest BCUT2D eigenvalue weighted by atomic mass is 19.4. The molecule has 0 saturated carbocycles. The topological polar surface area (TPSA) is 95.7 Å². The minimum Gasteiger partial charge on any atom is -0.475 e. The number of carbonyl (C=O) groups excluding carboxylic acids is 1. The fraction of sp³-hybridized carbons (Fsp3) is 0.357. The summed E-state index contributed by atoms with van der Waals surface area (Å²) in [6.07, 6.45) is -3.40. The zero-order valence-electron chi connectivity index (χ0n) is 12.7. The summed E-state index contributed by atoms with van der Waals surface area (Å²) in [5.41, 5.74) is 0.0154. The van der Waals surface area contributed by atoms with Crippen LogP contribution in [-0.4, -0.2) is 51.5 Å². The molecule has 11 heteroatoms. The van der Waals surface area contributed by atoms with E-state index in [9.17, 15) is 22.4 Å². The number of halogens is 4. The molecule has 1 saturated heterocycles. The summed E-state index contributed by atoms with van der Waals surface area (Å²) in [6, 6.07) is 7.53. The molecule has 25 heavy (non-hydrogen) atoms. The zero-order valence-corrected chi connectivity index (χ0v) is 12.7. The molecule has 7 nitrogen and oxygen atoms in total. The quantitative estimate of drug-likeness (QED) is 0.705. The molecule has 2 aromatic heterocycles. The molecule has 3 heterocycles. The lowest BCUT2D eigenvalue weighted by Crippen LogP contribution is -2.64. The predicted molar refractivity (Wildman–Crippen MR) is 77.4 cm³/mol. The highest BCUT2D eigenvalue weighted by molar-refractivity contribution is 5.86. The second-order valence-corrected chi connectivity index (χ2v) is 5.24. The molecule has 0 aromatic carbocycles. The lowest BCUT2D eigenvalue weighted by atomic mass is 9.98. The van der Waals surface area contributed by atoms with Gasteiger partial charge in [-0.1, -0.05) is 6.07 Å². The second-order valence-electron chi connectivity index (χ2n) is 5.24. The number of rotatable bonds is 3. The summed E-state index contributed by atoms with van der Waals surface area (Å²) in [6.45, 7) is 0.444. The number of carboxylic acids is 1. The maximum atomic E-state index is 13.8. The van der Waals surface area contributed by atoms with Crippen molar-refractivity contribution in [2.45, 2.75) is 18.4 Å². The van der Waals surface area contributed by atoms with Crippen molar-refractivity contribution in [2.75, 3.05) is 13.1 Å². The summed E-state index contributed by atoms with van der Waals surface area (Å²) in [7, 11) is 0. The number of amides is 1. The third kappa shape index (κ3) is 4.44. The number of hydrogen-bond donors (Lipinski definition) is 3. The molecule has 1 aliphatic heterocycles. The van der Waals surface area contributed by atoms with E-state index in [2.05, 4.69) is 15.7 Å². The SMILES string of the molecule is O=C(NCc1cccc2ccnn12)C1(F)CNC1.O=C(O)C(F)(F)F. The van der Waals surface area contributed by atoms with Gasteiger partial charge in [0, 0.05) is 19.3 Å². The molecule has 1 amide bonds. The Bertz CT molecular complexity index is 771. The molecular formula is C14H14F4N4O3. The molecule has 1 fully saturated rings. The van der Waals surface area contributed by atoms with Crippen LogP contribution in [0.4, 0.5) is 17.6 Å². The van der Waals surface area contributed by atoms with Gasteiger partial charge >= 0.3 is 12.1 Å². The first-order valence-electron chi connectivity index (χ1n) is 7.03. The van der Waals surface area contributed by atoms with Gasteiger partial charge in [0.05, 0.1) is 17.8 Å². The van der Waals surface area contributed by atoms with Crippen LogP contribution in [0.1, 0.15) is 5.69 Å². The Morgan fingerprint density at radius 3 is 2.48 bits per heavy atom. The highest BCUT2D eigenvalue weighted by Crippen LogP contribution is 2.16. The third-order valence-corrected chi connectivity index (χ3v) is 3.39. The molecule has 3 rings (SSSR count). The van der Waals surface area contributed by atoms with Crippen LogP contribution < -0.4 is 10.6 Å². The molecule has 136 valence electrons. The largest absolute Gasteiger partial charge is 0.490 e. The van der Waals surface area contributed by atoms with Gasteiger partial charge in [0.1, 0.15) is 0 Å². The first-order chi connectivity index (χ1) is 11.6. The maximum absolute atomic E-state index is 13.8. The van der Waals surface area contributed by atoms with E-state index in [0.29, 0.717) is 0 Å². The standard InChI is InChI=1S/C12H13FN4O.C2HF3O2/c13-12(7-14-8-12)11(18)15-6-10-3-1-2-9-4-5-16-17(9)10;3-2(4,5)1(6)7/h1-5,14H,6-8H2,(H,15,18);(H,6,7). The molecule has 0 atom stereocenters. The van der Waals surface area contributed by atoms with Crippen LogP contribution in [0.15, 0.2) is 30.5 Å². The van der Waals surface area contributed by atoms with Gasteiger partial charge in [0.25, 0.3) is 5.91 Å². The van der Waals surface area contributed by atoms with Crippen molar-refractivity contribution >= 4 is 17.4 Å². The number of aromatic nitrogens is 2. The van der Waals surface area contributed by atoms with E-state index in [1.54, 1.807) is 10.7 Å². The third-order valence-electron chi connectivity index (χ3n) is 3.39. The highest BCUT2D eigenvalue weighted by Gasteiger charge is 2.44. The van der Waals surface area contributed by atoms with E-state index in [1.807, 2.05) is 24.3 Å². The van der Waals surface area contributed by atoms with E-state index in [0.717, 1.165) is 11.2 Å². The van der Waals surface area contributed by atoms with E-state index < -0.39 is 23.7 Å². The second kappa shape index (κ2) is 7.05. The Morgan fingerprint density at radius 1 is 1.32 bits per heavy atom. The number of nitrogens with zero attached hydrogens (tertiary/aromatic N) is 2. The summed E-state index contributed by atoms with van der Waals surface area (Å²) in [4.78, 5) is 20.5. The summed E-state index contributed by atoms with van der Waals surface area (Å²) in [5.74, 6) is -3.32. The number of fused-ring (bicyclic) bond motifs is 1. The lowest BCUT2D eigenvalue weighted by molar-refractivity contribution is -0.192. The molecule has 0 aliphatic carbocycles. The van der Waals surface area contributed by atoms with E-state index >= 15 is 0 Å². The normalized spacial score (nSPS) is 15.7. The van der Waals surface area contributed by atoms with Crippen molar-refractivity contribution in [1.29, 1.82) is 0 Å².